The molecule has 1 fully saturated rings. The maximum atomic E-state index is 11.1. The maximum Gasteiger partial charge on any atom is 0.314 e. The van der Waals surface area contributed by atoms with E-state index in [1.807, 2.05) is 12.1 Å². The highest BCUT2D eigenvalue weighted by Crippen LogP contribution is 2.20. The van der Waals surface area contributed by atoms with Gasteiger partial charge in [-0.25, -0.2) is 4.79 Å². The van der Waals surface area contributed by atoms with Crippen molar-refractivity contribution in [2.75, 3.05) is 13.1 Å². The summed E-state index contributed by atoms with van der Waals surface area (Å²) in [6.45, 7) is 3.67. The van der Waals surface area contributed by atoms with E-state index in [1.54, 1.807) is 4.90 Å². The van der Waals surface area contributed by atoms with Gasteiger partial charge in [0.05, 0.1) is 0 Å². The molecule has 3 N–H and O–H groups in total. The lowest BCUT2D eigenvalue weighted by atomic mass is 10.0. The minimum atomic E-state index is -0.307. The van der Waals surface area contributed by atoms with Gasteiger partial charge in [0.1, 0.15) is 0 Å². The summed E-state index contributed by atoms with van der Waals surface area (Å²) in [6.07, 6.45) is 1.92. The lowest BCUT2D eigenvalue weighted by Crippen LogP contribution is -2.47. The van der Waals surface area contributed by atoms with Crippen LogP contribution in [-0.4, -0.2) is 30.1 Å². The molecule has 1 aliphatic rings. The average molecular weight is 326 g/mol. The van der Waals surface area contributed by atoms with Crippen molar-refractivity contribution in [1.29, 1.82) is 0 Å². The summed E-state index contributed by atoms with van der Waals surface area (Å²) in [4.78, 5) is 12.8. The first-order valence-corrected chi connectivity index (χ1v) is 7.41. The molecule has 2 rings (SSSR count). The number of urea groups is 1. The van der Waals surface area contributed by atoms with Crippen LogP contribution in [0.15, 0.2) is 28.7 Å². The Morgan fingerprint density at radius 3 is 2.74 bits per heavy atom. The number of carbonyl (C=O) groups is 1. The molecule has 0 saturated carbocycles. The molecule has 1 aromatic carbocycles. The van der Waals surface area contributed by atoms with Crippen LogP contribution in [0.2, 0.25) is 0 Å². The number of benzene rings is 1. The van der Waals surface area contributed by atoms with E-state index in [1.165, 1.54) is 5.56 Å². The SMILES string of the molecule is CC(NC1CCN(C(N)=O)CC1)c1cccc(Br)c1. The molecule has 19 heavy (non-hydrogen) atoms. The van der Waals surface area contributed by atoms with Crippen LogP contribution < -0.4 is 11.1 Å². The molecule has 0 aliphatic carbocycles. The molecule has 0 spiro atoms. The third kappa shape index (κ3) is 3.94. The van der Waals surface area contributed by atoms with Gasteiger partial charge in [-0.2, -0.15) is 0 Å². The van der Waals surface area contributed by atoms with Crippen LogP contribution >= 0.6 is 15.9 Å². The van der Waals surface area contributed by atoms with Gasteiger partial charge in [0, 0.05) is 29.6 Å². The van der Waals surface area contributed by atoms with Crippen LogP contribution in [0.5, 0.6) is 0 Å². The third-order valence-electron chi connectivity index (χ3n) is 3.64. The van der Waals surface area contributed by atoms with Gasteiger partial charge in [-0.15, -0.1) is 0 Å². The molecule has 1 unspecified atom stereocenters. The summed E-state index contributed by atoms with van der Waals surface area (Å²) in [7, 11) is 0. The molecule has 4 nitrogen and oxygen atoms in total. The van der Waals surface area contributed by atoms with Crippen LogP contribution in [0.4, 0.5) is 4.79 Å². The van der Waals surface area contributed by atoms with Crippen molar-refractivity contribution in [2.45, 2.75) is 31.8 Å². The number of halogens is 1. The van der Waals surface area contributed by atoms with E-state index in [4.69, 9.17) is 5.73 Å². The zero-order valence-electron chi connectivity index (χ0n) is 11.1. The van der Waals surface area contributed by atoms with Crippen molar-refractivity contribution in [2.24, 2.45) is 5.73 Å². The van der Waals surface area contributed by atoms with Crippen LogP contribution in [0.25, 0.3) is 0 Å². The van der Waals surface area contributed by atoms with Crippen molar-refractivity contribution >= 4 is 22.0 Å². The van der Waals surface area contributed by atoms with Gasteiger partial charge >= 0.3 is 6.03 Å². The van der Waals surface area contributed by atoms with E-state index in [0.717, 1.165) is 30.4 Å². The smallest absolute Gasteiger partial charge is 0.314 e. The predicted molar refractivity (Wildman–Crippen MR) is 79.9 cm³/mol. The van der Waals surface area contributed by atoms with Gasteiger partial charge in [0.2, 0.25) is 0 Å². The molecular weight excluding hydrogens is 306 g/mol. The van der Waals surface area contributed by atoms with Crippen molar-refractivity contribution in [3.8, 4) is 0 Å². The van der Waals surface area contributed by atoms with E-state index in [9.17, 15) is 4.79 Å². The molecule has 5 heteroatoms. The van der Waals surface area contributed by atoms with Gasteiger partial charge < -0.3 is 16.0 Å². The van der Waals surface area contributed by atoms with E-state index in [2.05, 4.69) is 40.3 Å². The first kappa shape index (κ1) is 14.3. The number of nitrogens with two attached hydrogens (primary N) is 1. The largest absolute Gasteiger partial charge is 0.351 e. The number of hydrogen-bond donors (Lipinski definition) is 2. The first-order chi connectivity index (χ1) is 9.06. The normalized spacial score (nSPS) is 18.3. The molecule has 1 aliphatic heterocycles. The van der Waals surface area contributed by atoms with Crippen molar-refractivity contribution in [3.63, 3.8) is 0 Å². The number of primary amides is 1. The van der Waals surface area contributed by atoms with Gasteiger partial charge in [-0.05, 0) is 37.5 Å². The number of amides is 2. The van der Waals surface area contributed by atoms with Crippen molar-refractivity contribution in [3.05, 3.63) is 34.3 Å². The molecule has 2 amide bonds. The lowest BCUT2D eigenvalue weighted by molar-refractivity contribution is 0.183. The Bertz CT molecular complexity index is 444. The number of nitrogens with zero attached hydrogens (tertiary/aromatic N) is 1. The Morgan fingerprint density at radius 2 is 2.16 bits per heavy atom. The molecule has 104 valence electrons. The van der Waals surface area contributed by atoms with Crippen LogP contribution in [0.1, 0.15) is 31.4 Å². The van der Waals surface area contributed by atoms with Crippen LogP contribution in [0, 0.1) is 0 Å². The highest BCUT2D eigenvalue weighted by molar-refractivity contribution is 9.10. The molecule has 0 aromatic heterocycles. The monoisotopic (exact) mass is 325 g/mol. The van der Waals surface area contributed by atoms with E-state index in [-0.39, 0.29) is 6.03 Å². The molecule has 1 heterocycles. The summed E-state index contributed by atoms with van der Waals surface area (Å²) in [5.74, 6) is 0. The van der Waals surface area contributed by atoms with Crippen molar-refractivity contribution in [1.82, 2.24) is 10.2 Å². The Morgan fingerprint density at radius 1 is 1.47 bits per heavy atom. The van der Waals surface area contributed by atoms with Gasteiger partial charge in [-0.3, -0.25) is 0 Å². The Kier molecular flexibility index (Phi) is 4.82. The molecule has 0 bridgehead atoms. The number of rotatable bonds is 3. The van der Waals surface area contributed by atoms with E-state index >= 15 is 0 Å². The summed E-state index contributed by atoms with van der Waals surface area (Å²) in [5, 5.41) is 3.62. The highest BCUT2D eigenvalue weighted by atomic mass is 79.9. The second-order valence-corrected chi connectivity index (χ2v) is 5.96. The molecule has 0 radical (unpaired) electrons. The van der Waals surface area contributed by atoms with Gasteiger partial charge in [0.25, 0.3) is 0 Å². The fraction of sp³-hybridized carbons (Fsp3) is 0.500. The van der Waals surface area contributed by atoms with E-state index < -0.39 is 0 Å². The second-order valence-electron chi connectivity index (χ2n) is 5.04. The summed E-state index contributed by atoms with van der Waals surface area (Å²) < 4.78 is 1.10. The van der Waals surface area contributed by atoms with Crippen molar-refractivity contribution < 1.29 is 4.79 Å². The zero-order chi connectivity index (χ0) is 13.8. The number of hydrogen-bond acceptors (Lipinski definition) is 2. The summed E-state index contributed by atoms with van der Waals surface area (Å²) in [5.41, 5.74) is 6.55. The van der Waals surface area contributed by atoms with Gasteiger partial charge in [-0.1, -0.05) is 28.1 Å². The fourth-order valence-corrected chi connectivity index (χ4v) is 2.91. The second kappa shape index (κ2) is 6.39. The average Bonchev–Trinajstić information content (AvgIpc) is 2.39. The molecule has 1 saturated heterocycles. The Balaban J connectivity index is 1.87. The molecular formula is C14H20BrN3O. The standard InChI is InChI=1S/C14H20BrN3O/c1-10(11-3-2-4-12(15)9-11)17-13-5-7-18(8-6-13)14(16)19/h2-4,9-10,13,17H,5-8H2,1H3,(H2,16,19). The molecule has 1 atom stereocenters. The first-order valence-electron chi connectivity index (χ1n) is 6.62. The minimum Gasteiger partial charge on any atom is -0.351 e. The zero-order valence-corrected chi connectivity index (χ0v) is 12.7. The highest BCUT2D eigenvalue weighted by Gasteiger charge is 2.22. The number of likely N-dealkylation sites (tertiary alicyclic amines) is 1. The minimum absolute atomic E-state index is 0.307. The summed E-state index contributed by atoms with van der Waals surface area (Å²) >= 11 is 3.49. The molecule has 1 aromatic rings. The predicted octanol–water partition coefficient (Wildman–Crippen LogP) is 2.64. The maximum absolute atomic E-state index is 11.1. The Hall–Kier alpha value is -1.07. The Labute approximate surface area is 122 Å². The third-order valence-corrected chi connectivity index (χ3v) is 4.13. The van der Waals surface area contributed by atoms with Crippen LogP contribution in [0.3, 0.4) is 0 Å². The quantitative estimate of drug-likeness (QED) is 0.897. The topological polar surface area (TPSA) is 58.4 Å². The lowest BCUT2D eigenvalue weighted by Gasteiger charge is -2.33. The number of piperidine rings is 1. The van der Waals surface area contributed by atoms with E-state index in [0.29, 0.717) is 12.1 Å². The number of nitrogens with one attached hydrogen (secondary N) is 1. The van der Waals surface area contributed by atoms with Crippen LogP contribution in [-0.2, 0) is 0 Å². The van der Waals surface area contributed by atoms with Gasteiger partial charge in [0.15, 0.2) is 0 Å². The summed E-state index contributed by atoms with van der Waals surface area (Å²) in [6, 6.07) is 8.79. The number of carbonyl (C=O) groups excluding carboxylic acids is 1. The fourth-order valence-electron chi connectivity index (χ4n) is 2.49.